The van der Waals surface area contributed by atoms with E-state index < -0.39 is 0 Å². The van der Waals surface area contributed by atoms with Crippen molar-refractivity contribution in [2.24, 2.45) is 0 Å². The van der Waals surface area contributed by atoms with Crippen LogP contribution in [0.3, 0.4) is 0 Å². The minimum absolute atomic E-state index is 0.661. The van der Waals surface area contributed by atoms with Gasteiger partial charge in [0.1, 0.15) is 5.82 Å². The van der Waals surface area contributed by atoms with Gasteiger partial charge in [0, 0.05) is 30.9 Å². The number of nitrogen functional groups attached to an aromatic ring is 1. The van der Waals surface area contributed by atoms with E-state index in [-0.39, 0.29) is 0 Å². The molecule has 0 saturated heterocycles. The summed E-state index contributed by atoms with van der Waals surface area (Å²) in [6, 6.07) is 6.96. The molecular formula is C14H17N3S. The molecule has 4 heteroatoms. The third-order valence-corrected chi connectivity index (χ3v) is 4.06. The molecule has 0 radical (unpaired) electrons. The SMILES string of the molecule is Nc1ncccc1CN(Cc1ccsc1)C1CC1. The van der Waals surface area contributed by atoms with Gasteiger partial charge in [-0.25, -0.2) is 4.98 Å². The van der Waals surface area contributed by atoms with Crippen molar-refractivity contribution < 1.29 is 0 Å². The van der Waals surface area contributed by atoms with Crippen molar-refractivity contribution in [2.45, 2.75) is 32.0 Å². The maximum atomic E-state index is 5.93. The molecule has 0 unspecified atom stereocenters. The summed E-state index contributed by atoms with van der Waals surface area (Å²) in [4.78, 5) is 6.67. The Balaban J connectivity index is 1.73. The molecule has 1 aliphatic rings. The molecule has 2 N–H and O–H groups in total. The van der Waals surface area contributed by atoms with Crippen molar-refractivity contribution >= 4 is 17.2 Å². The van der Waals surface area contributed by atoms with Crippen LogP contribution in [0.2, 0.25) is 0 Å². The molecule has 1 aliphatic carbocycles. The highest BCUT2D eigenvalue weighted by Crippen LogP contribution is 2.30. The predicted octanol–water partition coefficient (Wildman–Crippen LogP) is 2.89. The standard InChI is InChI=1S/C14H17N3S/c15-14-12(2-1-6-16-14)9-17(13-3-4-13)8-11-5-7-18-10-11/h1-2,5-7,10,13H,3-4,8-9H2,(H2,15,16). The van der Waals surface area contributed by atoms with Gasteiger partial charge in [-0.15, -0.1) is 0 Å². The average Bonchev–Trinajstić information content (AvgIpc) is 3.10. The fourth-order valence-corrected chi connectivity index (χ4v) is 2.83. The van der Waals surface area contributed by atoms with Crippen LogP contribution in [0.5, 0.6) is 0 Å². The summed E-state index contributed by atoms with van der Waals surface area (Å²) in [6.07, 6.45) is 4.37. The first-order valence-corrected chi connectivity index (χ1v) is 7.21. The largest absolute Gasteiger partial charge is 0.383 e. The zero-order valence-corrected chi connectivity index (χ0v) is 11.1. The summed E-state index contributed by atoms with van der Waals surface area (Å²) >= 11 is 1.76. The Morgan fingerprint density at radius 1 is 1.33 bits per heavy atom. The minimum atomic E-state index is 0.661. The number of aromatic nitrogens is 1. The first-order valence-electron chi connectivity index (χ1n) is 6.27. The molecule has 3 nitrogen and oxygen atoms in total. The van der Waals surface area contributed by atoms with Crippen LogP contribution in [0.15, 0.2) is 35.2 Å². The summed E-state index contributed by atoms with van der Waals surface area (Å²) in [6.45, 7) is 1.92. The second-order valence-electron chi connectivity index (χ2n) is 4.82. The summed E-state index contributed by atoms with van der Waals surface area (Å²) < 4.78 is 0. The number of anilines is 1. The van der Waals surface area contributed by atoms with Crippen molar-refractivity contribution in [3.8, 4) is 0 Å². The van der Waals surface area contributed by atoms with Crippen LogP contribution in [-0.2, 0) is 13.1 Å². The van der Waals surface area contributed by atoms with E-state index in [1.54, 1.807) is 17.5 Å². The van der Waals surface area contributed by atoms with Crippen LogP contribution in [0.1, 0.15) is 24.0 Å². The second kappa shape index (κ2) is 5.08. The van der Waals surface area contributed by atoms with Gasteiger partial charge in [-0.05, 0) is 41.3 Å². The van der Waals surface area contributed by atoms with Crippen molar-refractivity contribution in [1.82, 2.24) is 9.88 Å². The predicted molar refractivity (Wildman–Crippen MR) is 75.2 cm³/mol. The number of hydrogen-bond donors (Lipinski definition) is 1. The van der Waals surface area contributed by atoms with Crippen LogP contribution in [0.4, 0.5) is 5.82 Å². The fourth-order valence-electron chi connectivity index (χ4n) is 2.17. The number of hydrogen-bond acceptors (Lipinski definition) is 4. The average molecular weight is 259 g/mol. The molecule has 0 atom stereocenters. The molecule has 1 saturated carbocycles. The zero-order chi connectivity index (χ0) is 12.4. The van der Waals surface area contributed by atoms with E-state index >= 15 is 0 Å². The lowest BCUT2D eigenvalue weighted by atomic mass is 10.2. The lowest BCUT2D eigenvalue weighted by molar-refractivity contribution is 0.246. The van der Waals surface area contributed by atoms with E-state index in [1.165, 1.54) is 18.4 Å². The van der Waals surface area contributed by atoms with Crippen LogP contribution in [0.25, 0.3) is 0 Å². The monoisotopic (exact) mass is 259 g/mol. The number of nitrogens with zero attached hydrogens (tertiary/aromatic N) is 2. The number of thiophene rings is 1. The first kappa shape index (κ1) is 11.7. The van der Waals surface area contributed by atoms with Gasteiger partial charge >= 0.3 is 0 Å². The molecule has 18 heavy (non-hydrogen) atoms. The maximum Gasteiger partial charge on any atom is 0.127 e. The van der Waals surface area contributed by atoms with Gasteiger partial charge in [-0.3, -0.25) is 4.90 Å². The second-order valence-corrected chi connectivity index (χ2v) is 5.60. The van der Waals surface area contributed by atoms with Crippen LogP contribution in [-0.4, -0.2) is 15.9 Å². The molecule has 1 fully saturated rings. The van der Waals surface area contributed by atoms with Crippen molar-refractivity contribution in [2.75, 3.05) is 5.73 Å². The number of pyridine rings is 1. The Morgan fingerprint density at radius 3 is 2.89 bits per heavy atom. The molecule has 2 heterocycles. The summed E-state index contributed by atoms with van der Waals surface area (Å²) in [5.41, 5.74) is 8.46. The molecule has 94 valence electrons. The Bertz CT molecular complexity index is 506. The van der Waals surface area contributed by atoms with Gasteiger partial charge < -0.3 is 5.73 Å². The van der Waals surface area contributed by atoms with Crippen LogP contribution >= 0.6 is 11.3 Å². The van der Waals surface area contributed by atoms with E-state index in [4.69, 9.17) is 5.73 Å². The van der Waals surface area contributed by atoms with Crippen molar-refractivity contribution in [1.29, 1.82) is 0 Å². The van der Waals surface area contributed by atoms with Gasteiger partial charge in [0.15, 0.2) is 0 Å². The van der Waals surface area contributed by atoms with E-state index in [1.807, 2.05) is 6.07 Å². The Kier molecular flexibility index (Phi) is 3.30. The minimum Gasteiger partial charge on any atom is -0.383 e. The van der Waals surface area contributed by atoms with Gasteiger partial charge in [0.05, 0.1) is 0 Å². The third-order valence-electron chi connectivity index (χ3n) is 3.33. The summed E-state index contributed by atoms with van der Waals surface area (Å²) in [5, 5.41) is 4.36. The van der Waals surface area contributed by atoms with E-state index in [9.17, 15) is 0 Å². The molecule has 0 spiro atoms. The Morgan fingerprint density at radius 2 is 2.22 bits per heavy atom. The Labute approximate surface area is 111 Å². The van der Waals surface area contributed by atoms with Gasteiger partial charge in [0.2, 0.25) is 0 Å². The van der Waals surface area contributed by atoms with Gasteiger partial charge in [-0.1, -0.05) is 6.07 Å². The van der Waals surface area contributed by atoms with Gasteiger partial charge in [-0.2, -0.15) is 11.3 Å². The molecule has 0 aliphatic heterocycles. The topological polar surface area (TPSA) is 42.1 Å². The van der Waals surface area contributed by atoms with Crippen molar-refractivity contribution in [3.05, 3.63) is 46.3 Å². The van der Waals surface area contributed by atoms with Crippen LogP contribution < -0.4 is 5.73 Å². The smallest absolute Gasteiger partial charge is 0.127 e. The molecule has 2 aromatic heterocycles. The molecule has 0 aromatic carbocycles. The molecule has 2 aromatic rings. The highest BCUT2D eigenvalue weighted by Gasteiger charge is 2.29. The van der Waals surface area contributed by atoms with Gasteiger partial charge in [0.25, 0.3) is 0 Å². The summed E-state index contributed by atoms with van der Waals surface area (Å²) in [5.74, 6) is 0.661. The normalized spacial score (nSPS) is 15.2. The van der Waals surface area contributed by atoms with Crippen LogP contribution in [0, 0.1) is 0 Å². The van der Waals surface area contributed by atoms with E-state index in [2.05, 4.69) is 32.8 Å². The van der Waals surface area contributed by atoms with E-state index in [0.29, 0.717) is 5.82 Å². The zero-order valence-electron chi connectivity index (χ0n) is 10.2. The van der Waals surface area contributed by atoms with Crippen molar-refractivity contribution in [3.63, 3.8) is 0 Å². The lowest BCUT2D eigenvalue weighted by Crippen LogP contribution is -2.25. The maximum absolute atomic E-state index is 5.93. The molecule has 0 amide bonds. The lowest BCUT2D eigenvalue weighted by Gasteiger charge is -2.22. The number of rotatable bonds is 5. The molecular weight excluding hydrogens is 242 g/mol. The summed E-state index contributed by atoms with van der Waals surface area (Å²) in [7, 11) is 0. The first-order chi connectivity index (χ1) is 8.83. The van der Waals surface area contributed by atoms with E-state index in [0.717, 1.165) is 24.7 Å². The molecule has 3 rings (SSSR count). The highest BCUT2D eigenvalue weighted by molar-refractivity contribution is 7.07. The number of nitrogens with two attached hydrogens (primary N) is 1. The molecule has 0 bridgehead atoms. The third kappa shape index (κ3) is 2.71. The fraction of sp³-hybridized carbons (Fsp3) is 0.357. The highest BCUT2D eigenvalue weighted by atomic mass is 32.1. The Hall–Kier alpha value is -1.39. The quantitative estimate of drug-likeness (QED) is 0.897.